The van der Waals surface area contributed by atoms with E-state index in [0.29, 0.717) is 5.69 Å². The Labute approximate surface area is 125 Å². The maximum absolute atomic E-state index is 12.5. The Morgan fingerprint density at radius 3 is 2.33 bits per heavy atom. The minimum atomic E-state index is -4.31. The summed E-state index contributed by atoms with van der Waals surface area (Å²) in [5.74, 6) is 0. The van der Waals surface area contributed by atoms with Gasteiger partial charge in [-0.2, -0.15) is 13.2 Å². The molecule has 0 saturated heterocycles. The molecule has 0 heterocycles. The van der Waals surface area contributed by atoms with Crippen LogP contribution in [0.25, 0.3) is 0 Å². The number of hydrogen-bond donors (Lipinski definition) is 1. The van der Waals surface area contributed by atoms with Gasteiger partial charge in [-0.05, 0) is 41.8 Å². The molecule has 1 aliphatic rings. The fourth-order valence-corrected chi connectivity index (χ4v) is 3.01. The molecule has 2 aromatic carbocycles. The molecule has 0 amide bonds. The van der Waals surface area contributed by atoms with Crippen LogP contribution in [0, 0.1) is 0 Å². The second-order valence-corrected chi connectivity index (χ2v) is 5.68. The summed E-state index contributed by atoms with van der Waals surface area (Å²) < 4.78 is 37.6. The number of halogens is 4. The number of hydrogen-bond acceptors (Lipinski definition) is 1. The first kappa shape index (κ1) is 14.3. The largest absolute Gasteiger partial charge is 0.416 e. The Morgan fingerprint density at radius 1 is 1.00 bits per heavy atom. The summed E-state index contributed by atoms with van der Waals surface area (Å²) in [4.78, 5) is 0. The van der Waals surface area contributed by atoms with Gasteiger partial charge in [-0.3, -0.25) is 0 Å². The van der Waals surface area contributed by atoms with E-state index in [2.05, 4.69) is 5.32 Å². The highest BCUT2D eigenvalue weighted by molar-refractivity contribution is 6.21. The van der Waals surface area contributed by atoms with Crippen molar-refractivity contribution in [3.05, 3.63) is 65.2 Å². The highest BCUT2D eigenvalue weighted by Crippen LogP contribution is 2.37. The maximum Gasteiger partial charge on any atom is 0.416 e. The monoisotopic (exact) mass is 311 g/mol. The van der Waals surface area contributed by atoms with Crippen LogP contribution in [0.5, 0.6) is 0 Å². The number of fused-ring (bicyclic) bond motifs is 1. The minimum absolute atomic E-state index is 0.0837. The fourth-order valence-electron chi connectivity index (χ4n) is 2.65. The van der Waals surface area contributed by atoms with E-state index in [4.69, 9.17) is 11.6 Å². The van der Waals surface area contributed by atoms with Crippen LogP contribution in [-0.4, -0.2) is 5.38 Å². The van der Waals surface area contributed by atoms with E-state index >= 15 is 0 Å². The van der Waals surface area contributed by atoms with Crippen molar-refractivity contribution in [2.24, 2.45) is 0 Å². The van der Waals surface area contributed by atoms with Gasteiger partial charge in [-0.1, -0.05) is 24.3 Å². The van der Waals surface area contributed by atoms with Crippen molar-refractivity contribution in [3.63, 3.8) is 0 Å². The van der Waals surface area contributed by atoms with Crippen LogP contribution in [-0.2, 0) is 12.6 Å². The summed E-state index contributed by atoms with van der Waals surface area (Å²) in [6.45, 7) is 0. The molecular weight excluding hydrogens is 299 g/mol. The van der Waals surface area contributed by atoms with Gasteiger partial charge in [-0.15, -0.1) is 11.6 Å². The molecule has 0 radical (unpaired) electrons. The average Bonchev–Trinajstić information content (AvgIpc) is 2.75. The van der Waals surface area contributed by atoms with E-state index in [-0.39, 0.29) is 11.4 Å². The second kappa shape index (κ2) is 5.26. The molecule has 5 heteroatoms. The van der Waals surface area contributed by atoms with Gasteiger partial charge in [0.1, 0.15) is 0 Å². The van der Waals surface area contributed by atoms with Crippen LogP contribution in [0.3, 0.4) is 0 Å². The first-order valence-electron chi connectivity index (χ1n) is 6.61. The predicted molar refractivity (Wildman–Crippen MR) is 77.6 cm³/mol. The zero-order valence-electron chi connectivity index (χ0n) is 11.0. The second-order valence-electron chi connectivity index (χ2n) is 5.12. The highest BCUT2D eigenvalue weighted by atomic mass is 35.5. The van der Waals surface area contributed by atoms with E-state index < -0.39 is 11.7 Å². The zero-order valence-corrected chi connectivity index (χ0v) is 11.7. The normalized spacial score (nSPS) is 21.1. The molecule has 21 heavy (non-hydrogen) atoms. The Kier molecular flexibility index (Phi) is 3.57. The number of benzene rings is 2. The molecule has 1 aliphatic carbocycles. The lowest BCUT2D eigenvalue weighted by Gasteiger charge is -2.19. The molecule has 0 spiro atoms. The molecule has 1 N–H and O–H groups in total. The number of alkyl halides is 4. The Hall–Kier alpha value is -1.68. The molecule has 0 aromatic heterocycles. The third-order valence-electron chi connectivity index (χ3n) is 3.70. The molecule has 0 fully saturated rings. The maximum atomic E-state index is 12.5. The Morgan fingerprint density at radius 2 is 1.67 bits per heavy atom. The molecule has 0 bridgehead atoms. The molecule has 0 saturated carbocycles. The minimum Gasteiger partial charge on any atom is -0.377 e. The van der Waals surface area contributed by atoms with Gasteiger partial charge < -0.3 is 5.32 Å². The van der Waals surface area contributed by atoms with Gasteiger partial charge in [0.05, 0.1) is 17.0 Å². The lowest BCUT2D eigenvalue weighted by atomic mass is 10.1. The van der Waals surface area contributed by atoms with Crippen molar-refractivity contribution < 1.29 is 13.2 Å². The first-order valence-corrected chi connectivity index (χ1v) is 7.04. The SMILES string of the molecule is FC(F)(F)c1ccc(NC2c3ccccc3CC2Cl)cc1. The third kappa shape index (κ3) is 2.86. The van der Waals surface area contributed by atoms with Crippen molar-refractivity contribution in [1.82, 2.24) is 0 Å². The van der Waals surface area contributed by atoms with Crippen molar-refractivity contribution in [3.8, 4) is 0 Å². The van der Waals surface area contributed by atoms with Crippen LogP contribution >= 0.6 is 11.6 Å². The summed E-state index contributed by atoms with van der Waals surface area (Å²) in [5, 5.41) is 3.12. The first-order chi connectivity index (χ1) is 9.95. The van der Waals surface area contributed by atoms with Crippen LogP contribution in [0.1, 0.15) is 22.7 Å². The van der Waals surface area contributed by atoms with Crippen LogP contribution in [0.2, 0.25) is 0 Å². The molecule has 1 nitrogen and oxygen atoms in total. The molecule has 3 rings (SSSR count). The molecule has 2 atom stereocenters. The summed E-state index contributed by atoms with van der Waals surface area (Å²) in [7, 11) is 0. The van der Waals surface area contributed by atoms with Crippen molar-refractivity contribution in [1.29, 1.82) is 0 Å². The Bertz CT molecular complexity index is 637. The van der Waals surface area contributed by atoms with Crippen LogP contribution < -0.4 is 5.32 Å². The van der Waals surface area contributed by atoms with Crippen molar-refractivity contribution in [2.75, 3.05) is 5.32 Å². The van der Waals surface area contributed by atoms with Crippen LogP contribution in [0.4, 0.5) is 18.9 Å². The van der Waals surface area contributed by atoms with Gasteiger partial charge in [0.2, 0.25) is 0 Å². The van der Waals surface area contributed by atoms with Gasteiger partial charge in [0.25, 0.3) is 0 Å². The van der Waals surface area contributed by atoms with Gasteiger partial charge in [0, 0.05) is 5.69 Å². The van der Waals surface area contributed by atoms with Crippen molar-refractivity contribution >= 4 is 17.3 Å². The van der Waals surface area contributed by atoms with E-state index in [0.717, 1.165) is 24.1 Å². The van der Waals surface area contributed by atoms with Crippen LogP contribution in [0.15, 0.2) is 48.5 Å². The number of nitrogens with one attached hydrogen (secondary N) is 1. The third-order valence-corrected chi connectivity index (χ3v) is 4.11. The lowest BCUT2D eigenvalue weighted by molar-refractivity contribution is -0.137. The van der Waals surface area contributed by atoms with E-state index in [1.165, 1.54) is 17.7 Å². The summed E-state index contributed by atoms with van der Waals surface area (Å²) >= 11 is 6.35. The molecule has 2 aromatic rings. The topological polar surface area (TPSA) is 12.0 Å². The van der Waals surface area contributed by atoms with Gasteiger partial charge in [-0.25, -0.2) is 0 Å². The summed E-state index contributed by atoms with van der Waals surface area (Å²) in [6.07, 6.45) is -3.55. The lowest BCUT2D eigenvalue weighted by Crippen LogP contribution is -2.16. The summed E-state index contributed by atoms with van der Waals surface area (Å²) in [6, 6.07) is 12.9. The molecule has 2 unspecified atom stereocenters. The molecule has 110 valence electrons. The zero-order chi connectivity index (χ0) is 15.0. The Balaban J connectivity index is 1.81. The number of rotatable bonds is 2. The van der Waals surface area contributed by atoms with Crippen molar-refractivity contribution in [2.45, 2.75) is 24.0 Å². The van der Waals surface area contributed by atoms with E-state index in [1.807, 2.05) is 24.3 Å². The quantitative estimate of drug-likeness (QED) is 0.768. The van der Waals surface area contributed by atoms with E-state index in [9.17, 15) is 13.2 Å². The fraction of sp³-hybridized carbons (Fsp3) is 0.250. The smallest absolute Gasteiger partial charge is 0.377 e. The summed E-state index contributed by atoms with van der Waals surface area (Å²) in [5.41, 5.74) is 2.27. The molecule has 0 aliphatic heterocycles. The standard InChI is InChI=1S/C16H13ClF3N/c17-14-9-10-3-1-2-4-13(10)15(14)21-12-7-5-11(6-8-12)16(18,19)20/h1-8,14-15,21H,9H2. The average molecular weight is 312 g/mol. The van der Waals surface area contributed by atoms with E-state index in [1.54, 1.807) is 0 Å². The predicted octanol–water partition coefficient (Wildman–Crippen LogP) is 5.02. The number of anilines is 1. The van der Waals surface area contributed by atoms with Gasteiger partial charge >= 0.3 is 6.18 Å². The van der Waals surface area contributed by atoms with Gasteiger partial charge in [0.15, 0.2) is 0 Å². The molecular formula is C16H13ClF3N. The highest BCUT2D eigenvalue weighted by Gasteiger charge is 2.32.